The zero-order valence-electron chi connectivity index (χ0n) is 18.8. The summed E-state index contributed by atoms with van der Waals surface area (Å²) in [5.41, 5.74) is 2.89. The van der Waals surface area contributed by atoms with Gasteiger partial charge in [0.15, 0.2) is 5.78 Å². The number of fused-ring (bicyclic) bond motifs is 5. The second kappa shape index (κ2) is 7.89. The fraction of sp³-hybridized carbons (Fsp3) is 0.607. The molecule has 0 aliphatic heterocycles. The molecule has 0 unspecified atom stereocenters. The molecule has 1 N–H and O–H groups in total. The highest BCUT2D eigenvalue weighted by Gasteiger charge is 2.59. The minimum atomic E-state index is -0.149. The van der Waals surface area contributed by atoms with E-state index in [1.54, 1.807) is 6.08 Å². The largest absolute Gasteiger partial charge is 0.393 e. The molecule has 0 spiro atoms. The van der Waals surface area contributed by atoms with E-state index >= 15 is 0 Å². The summed E-state index contributed by atoms with van der Waals surface area (Å²) >= 11 is 6.10. The van der Waals surface area contributed by atoms with E-state index in [4.69, 9.17) is 11.6 Å². The van der Waals surface area contributed by atoms with Crippen LogP contribution in [0.3, 0.4) is 0 Å². The Bertz CT molecular complexity index is 933. The summed E-state index contributed by atoms with van der Waals surface area (Å²) in [7, 11) is 0. The van der Waals surface area contributed by atoms with E-state index in [-0.39, 0.29) is 22.9 Å². The summed E-state index contributed by atoms with van der Waals surface area (Å²) in [5, 5.41) is 10.9. The van der Waals surface area contributed by atoms with Crippen molar-refractivity contribution in [3.05, 3.63) is 52.6 Å². The number of halogens is 1. The highest BCUT2D eigenvalue weighted by molar-refractivity contribution is 6.30. The molecule has 0 amide bonds. The van der Waals surface area contributed by atoms with Crippen LogP contribution < -0.4 is 0 Å². The predicted molar refractivity (Wildman–Crippen MR) is 127 cm³/mol. The van der Waals surface area contributed by atoms with Crippen molar-refractivity contribution >= 4 is 23.5 Å². The lowest BCUT2D eigenvalue weighted by molar-refractivity contribution is -0.124. The number of aliphatic hydroxyl groups is 1. The first kappa shape index (κ1) is 21.5. The van der Waals surface area contributed by atoms with E-state index in [0.717, 1.165) is 44.1 Å². The monoisotopic (exact) mass is 438 g/mol. The lowest BCUT2D eigenvalue weighted by atomic mass is 9.47. The highest BCUT2D eigenvalue weighted by Crippen LogP contribution is 2.66. The van der Waals surface area contributed by atoms with Crippen molar-refractivity contribution in [3.8, 4) is 0 Å². The molecule has 1 aromatic rings. The van der Waals surface area contributed by atoms with Crippen LogP contribution in [0.2, 0.25) is 5.02 Å². The molecule has 0 aromatic heterocycles. The molecule has 1 aromatic carbocycles. The van der Waals surface area contributed by atoms with E-state index in [1.165, 1.54) is 18.4 Å². The Kier molecular flexibility index (Phi) is 5.46. The number of aliphatic hydroxyl groups excluding tert-OH is 1. The number of rotatable bonds is 3. The second-order valence-electron chi connectivity index (χ2n) is 11.1. The van der Waals surface area contributed by atoms with E-state index < -0.39 is 0 Å². The van der Waals surface area contributed by atoms with Crippen LogP contribution in [-0.2, 0) is 4.79 Å². The first-order chi connectivity index (χ1) is 14.8. The Morgan fingerprint density at radius 2 is 1.97 bits per heavy atom. The van der Waals surface area contributed by atoms with E-state index in [0.29, 0.717) is 28.6 Å². The van der Waals surface area contributed by atoms with Gasteiger partial charge in [-0.2, -0.15) is 0 Å². The molecule has 0 radical (unpaired) electrons. The van der Waals surface area contributed by atoms with Gasteiger partial charge >= 0.3 is 0 Å². The molecule has 0 saturated heterocycles. The minimum absolute atomic E-state index is 0.118. The maximum atomic E-state index is 13.3. The van der Waals surface area contributed by atoms with Crippen molar-refractivity contribution in [1.82, 2.24) is 0 Å². The Balaban J connectivity index is 1.36. The zero-order chi connectivity index (χ0) is 21.8. The maximum Gasteiger partial charge on any atom is 0.159 e. The molecule has 0 bridgehead atoms. The summed E-state index contributed by atoms with van der Waals surface area (Å²) in [5.74, 6) is 2.48. The molecule has 3 saturated carbocycles. The lowest BCUT2D eigenvalue weighted by Gasteiger charge is -2.57. The number of hydrogen-bond acceptors (Lipinski definition) is 2. The summed E-state index contributed by atoms with van der Waals surface area (Å²) in [6, 6.07) is 7.69. The van der Waals surface area contributed by atoms with Gasteiger partial charge in [-0.3, -0.25) is 4.79 Å². The molecule has 5 rings (SSSR count). The molecular formula is C28H35ClO2. The first-order valence-corrected chi connectivity index (χ1v) is 12.5. The van der Waals surface area contributed by atoms with Crippen LogP contribution in [0.1, 0.15) is 70.8 Å². The number of hydrogen-bond donors (Lipinski definition) is 1. The second-order valence-corrected chi connectivity index (χ2v) is 11.6. The summed E-state index contributed by atoms with van der Waals surface area (Å²) in [6.07, 6.45) is 14.7. The van der Waals surface area contributed by atoms with Gasteiger partial charge in [0.2, 0.25) is 0 Å². The maximum absolute atomic E-state index is 13.3. The van der Waals surface area contributed by atoms with Crippen molar-refractivity contribution in [2.75, 3.05) is 0 Å². The Labute approximate surface area is 191 Å². The minimum Gasteiger partial charge on any atom is -0.393 e. The third kappa shape index (κ3) is 3.55. The Morgan fingerprint density at radius 1 is 1.13 bits per heavy atom. The normalized spacial score (nSPS) is 41.9. The number of allylic oxidation sites excluding steroid dienone is 2. The molecule has 4 aliphatic rings. The van der Waals surface area contributed by atoms with Gasteiger partial charge in [0, 0.05) is 10.9 Å². The standard InChI is InChI=1S/C28H35ClO2/c1-27-14-12-21(30)17-19(27)7-8-22-23-9-10-25(28(23,2)15-13-24(22)27)26(31)11-6-18-4-3-5-20(29)16-18/h3-7,11,16,21-25,30H,8-10,12-15,17H2,1-2H3/b11-6+/t21-,22-,23-,24-,25+,27-,28-/m0/s1. The van der Waals surface area contributed by atoms with Crippen molar-refractivity contribution in [1.29, 1.82) is 0 Å². The van der Waals surface area contributed by atoms with Crippen molar-refractivity contribution < 1.29 is 9.90 Å². The fourth-order valence-electron chi connectivity index (χ4n) is 8.01. The molecular weight excluding hydrogens is 404 g/mol. The van der Waals surface area contributed by atoms with Gasteiger partial charge in [-0.15, -0.1) is 0 Å². The number of carbonyl (C=O) groups is 1. The smallest absolute Gasteiger partial charge is 0.159 e. The van der Waals surface area contributed by atoms with Crippen LogP contribution in [0.15, 0.2) is 42.0 Å². The van der Waals surface area contributed by atoms with Crippen LogP contribution >= 0.6 is 11.6 Å². The summed E-state index contributed by atoms with van der Waals surface area (Å²) < 4.78 is 0. The molecule has 4 aliphatic carbocycles. The van der Waals surface area contributed by atoms with Gasteiger partial charge in [-0.05, 0) is 104 Å². The quantitative estimate of drug-likeness (QED) is 0.413. The lowest BCUT2D eigenvalue weighted by Crippen LogP contribution is -2.50. The highest BCUT2D eigenvalue weighted by atomic mass is 35.5. The van der Waals surface area contributed by atoms with Gasteiger partial charge in [-0.1, -0.05) is 55.3 Å². The third-order valence-corrected chi connectivity index (χ3v) is 9.95. The SMILES string of the molecule is C[C@]12CC[C@H]3[C@@H](CC=C4C[C@@H](O)CC[C@@]43C)[C@@H]1CC[C@@H]2C(=O)/C=C/c1cccc(Cl)c1. The average molecular weight is 439 g/mol. The van der Waals surface area contributed by atoms with Crippen LogP contribution in [0.4, 0.5) is 0 Å². The molecule has 3 fully saturated rings. The molecule has 2 nitrogen and oxygen atoms in total. The Morgan fingerprint density at radius 3 is 2.77 bits per heavy atom. The fourth-order valence-corrected chi connectivity index (χ4v) is 8.21. The van der Waals surface area contributed by atoms with E-state index in [1.807, 2.05) is 30.3 Å². The third-order valence-electron chi connectivity index (χ3n) is 9.71. The zero-order valence-corrected chi connectivity index (χ0v) is 19.6. The predicted octanol–water partition coefficient (Wildman–Crippen LogP) is 6.86. The average Bonchev–Trinajstić information content (AvgIpc) is 3.10. The van der Waals surface area contributed by atoms with E-state index in [2.05, 4.69) is 19.9 Å². The number of ketones is 1. The summed E-state index contributed by atoms with van der Waals surface area (Å²) in [6.45, 7) is 4.87. The van der Waals surface area contributed by atoms with Gasteiger partial charge in [0.1, 0.15) is 0 Å². The molecule has 31 heavy (non-hydrogen) atoms. The van der Waals surface area contributed by atoms with Crippen LogP contribution in [0, 0.1) is 34.5 Å². The number of benzene rings is 1. The van der Waals surface area contributed by atoms with Gasteiger partial charge in [0.05, 0.1) is 6.10 Å². The van der Waals surface area contributed by atoms with Crippen LogP contribution in [0.25, 0.3) is 6.08 Å². The molecule has 7 atom stereocenters. The van der Waals surface area contributed by atoms with Crippen molar-refractivity contribution in [3.63, 3.8) is 0 Å². The van der Waals surface area contributed by atoms with Crippen molar-refractivity contribution in [2.24, 2.45) is 34.5 Å². The van der Waals surface area contributed by atoms with Gasteiger partial charge in [0.25, 0.3) is 0 Å². The molecule has 3 heteroatoms. The Hall–Kier alpha value is -1.38. The molecule has 166 valence electrons. The van der Waals surface area contributed by atoms with Gasteiger partial charge < -0.3 is 5.11 Å². The van der Waals surface area contributed by atoms with Crippen LogP contribution in [0.5, 0.6) is 0 Å². The summed E-state index contributed by atoms with van der Waals surface area (Å²) in [4.78, 5) is 13.3. The topological polar surface area (TPSA) is 37.3 Å². The van der Waals surface area contributed by atoms with Crippen LogP contribution in [-0.4, -0.2) is 17.0 Å². The first-order valence-electron chi connectivity index (χ1n) is 12.2. The van der Waals surface area contributed by atoms with Gasteiger partial charge in [-0.25, -0.2) is 0 Å². The van der Waals surface area contributed by atoms with Crippen molar-refractivity contribution in [2.45, 2.75) is 71.3 Å². The number of carbonyl (C=O) groups excluding carboxylic acids is 1. The van der Waals surface area contributed by atoms with E-state index in [9.17, 15) is 9.90 Å². The molecule has 0 heterocycles.